The van der Waals surface area contributed by atoms with Crippen molar-refractivity contribution in [2.24, 2.45) is 0 Å². The molecule has 0 bridgehead atoms. The molecule has 0 unspecified atom stereocenters. The summed E-state index contributed by atoms with van der Waals surface area (Å²) >= 11 is 0. The zero-order chi connectivity index (χ0) is 14.8. The number of benzene rings is 1. The van der Waals surface area contributed by atoms with E-state index in [-0.39, 0.29) is 11.3 Å². The van der Waals surface area contributed by atoms with Crippen molar-refractivity contribution in [3.8, 4) is 0 Å². The van der Waals surface area contributed by atoms with Gasteiger partial charge in [0, 0.05) is 11.9 Å². The quantitative estimate of drug-likeness (QED) is 0.909. The fourth-order valence-electron chi connectivity index (χ4n) is 1.83. The lowest BCUT2D eigenvalue weighted by Crippen LogP contribution is -2.15. The topological polar surface area (TPSA) is 54.9 Å². The molecule has 1 aromatic heterocycles. The minimum atomic E-state index is -0.223. The fourth-order valence-corrected chi connectivity index (χ4v) is 1.83. The second-order valence-corrected chi connectivity index (χ2v) is 5.77. The molecule has 4 nitrogen and oxygen atoms in total. The number of hydrogen-bond acceptors (Lipinski definition) is 3. The average molecular weight is 269 g/mol. The van der Waals surface area contributed by atoms with Gasteiger partial charge in [0.2, 0.25) is 0 Å². The maximum Gasteiger partial charge on any atom is 0.274 e. The van der Waals surface area contributed by atoms with Gasteiger partial charge in [-0.3, -0.25) is 4.79 Å². The minimum Gasteiger partial charge on any atom is -0.321 e. The molecule has 2 aromatic rings. The summed E-state index contributed by atoms with van der Waals surface area (Å²) in [6, 6.07) is 9.48. The van der Waals surface area contributed by atoms with Crippen LogP contribution in [0.2, 0.25) is 0 Å². The molecular formula is C16H19N3O. The first kappa shape index (κ1) is 14.2. The second-order valence-electron chi connectivity index (χ2n) is 5.77. The van der Waals surface area contributed by atoms with Gasteiger partial charge in [-0.2, -0.15) is 0 Å². The lowest BCUT2D eigenvalue weighted by molar-refractivity contribution is 0.102. The van der Waals surface area contributed by atoms with Gasteiger partial charge < -0.3 is 5.32 Å². The SMILES string of the molecule is Cc1nccc(C(=O)Nc2ccc(C(C)(C)C)cc2)n1. The Balaban J connectivity index is 2.12. The van der Waals surface area contributed by atoms with E-state index >= 15 is 0 Å². The monoisotopic (exact) mass is 269 g/mol. The zero-order valence-corrected chi connectivity index (χ0v) is 12.3. The molecule has 0 fully saturated rings. The summed E-state index contributed by atoms with van der Waals surface area (Å²) in [5.74, 6) is 0.361. The van der Waals surface area contributed by atoms with E-state index in [0.717, 1.165) is 5.69 Å². The number of aryl methyl sites for hydroxylation is 1. The maximum atomic E-state index is 12.0. The summed E-state index contributed by atoms with van der Waals surface area (Å²) < 4.78 is 0. The Morgan fingerprint density at radius 1 is 1.10 bits per heavy atom. The van der Waals surface area contributed by atoms with Crippen LogP contribution in [0, 0.1) is 6.92 Å². The molecular weight excluding hydrogens is 250 g/mol. The van der Waals surface area contributed by atoms with E-state index in [1.54, 1.807) is 19.2 Å². The van der Waals surface area contributed by atoms with Gasteiger partial charge in [-0.25, -0.2) is 9.97 Å². The van der Waals surface area contributed by atoms with Crippen molar-refractivity contribution in [3.63, 3.8) is 0 Å². The molecule has 1 N–H and O–H groups in total. The summed E-state index contributed by atoms with van der Waals surface area (Å²) in [5.41, 5.74) is 2.47. The van der Waals surface area contributed by atoms with Crippen molar-refractivity contribution >= 4 is 11.6 Å². The zero-order valence-electron chi connectivity index (χ0n) is 12.3. The van der Waals surface area contributed by atoms with E-state index in [9.17, 15) is 4.79 Å². The molecule has 1 heterocycles. The van der Waals surface area contributed by atoms with Crippen LogP contribution in [0.25, 0.3) is 0 Å². The van der Waals surface area contributed by atoms with E-state index in [1.165, 1.54) is 5.56 Å². The Hall–Kier alpha value is -2.23. The van der Waals surface area contributed by atoms with Gasteiger partial charge >= 0.3 is 0 Å². The van der Waals surface area contributed by atoms with E-state index in [2.05, 4.69) is 36.1 Å². The molecule has 0 radical (unpaired) electrons. The smallest absolute Gasteiger partial charge is 0.274 e. The number of amides is 1. The summed E-state index contributed by atoms with van der Waals surface area (Å²) in [7, 11) is 0. The second kappa shape index (κ2) is 5.41. The third-order valence-electron chi connectivity index (χ3n) is 3.02. The Labute approximate surface area is 119 Å². The molecule has 20 heavy (non-hydrogen) atoms. The van der Waals surface area contributed by atoms with E-state index in [0.29, 0.717) is 11.5 Å². The number of aromatic nitrogens is 2. The average Bonchev–Trinajstić information content (AvgIpc) is 2.38. The van der Waals surface area contributed by atoms with Crippen molar-refractivity contribution in [1.29, 1.82) is 0 Å². The molecule has 4 heteroatoms. The summed E-state index contributed by atoms with van der Waals surface area (Å²) in [6.07, 6.45) is 1.58. The summed E-state index contributed by atoms with van der Waals surface area (Å²) in [4.78, 5) is 20.1. The fraction of sp³-hybridized carbons (Fsp3) is 0.312. The van der Waals surface area contributed by atoms with Crippen LogP contribution in [0.1, 0.15) is 42.6 Å². The van der Waals surface area contributed by atoms with Crippen LogP contribution >= 0.6 is 0 Å². The van der Waals surface area contributed by atoms with Crippen molar-refractivity contribution in [2.75, 3.05) is 5.32 Å². The number of anilines is 1. The predicted molar refractivity (Wildman–Crippen MR) is 79.9 cm³/mol. The van der Waals surface area contributed by atoms with E-state index < -0.39 is 0 Å². The van der Waals surface area contributed by atoms with Crippen molar-refractivity contribution in [1.82, 2.24) is 9.97 Å². The summed E-state index contributed by atoms with van der Waals surface area (Å²) in [6.45, 7) is 8.23. The number of rotatable bonds is 2. The van der Waals surface area contributed by atoms with Gasteiger partial charge in [0.1, 0.15) is 11.5 Å². The molecule has 0 saturated heterocycles. The lowest BCUT2D eigenvalue weighted by atomic mass is 9.87. The Kier molecular flexibility index (Phi) is 3.84. The van der Waals surface area contributed by atoms with Crippen LogP contribution in [0.3, 0.4) is 0 Å². The third kappa shape index (κ3) is 3.41. The van der Waals surface area contributed by atoms with Crippen molar-refractivity contribution < 1.29 is 4.79 Å². The third-order valence-corrected chi connectivity index (χ3v) is 3.02. The van der Waals surface area contributed by atoms with Crippen LogP contribution in [-0.4, -0.2) is 15.9 Å². The van der Waals surface area contributed by atoms with Gasteiger partial charge in [-0.15, -0.1) is 0 Å². The molecule has 0 aliphatic carbocycles. The molecule has 0 spiro atoms. The molecule has 104 valence electrons. The molecule has 1 aromatic carbocycles. The Morgan fingerprint density at radius 2 is 1.75 bits per heavy atom. The van der Waals surface area contributed by atoms with E-state index in [1.807, 2.05) is 24.3 Å². The highest BCUT2D eigenvalue weighted by molar-refractivity contribution is 6.02. The first-order valence-electron chi connectivity index (χ1n) is 6.58. The van der Waals surface area contributed by atoms with Crippen LogP contribution < -0.4 is 5.32 Å². The highest BCUT2D eigenvalue weighted by Crippen LogP contribution is 2.23. The van der Waals surface area contributed by atoms with Crippen LogP contribution in [0.5, 0.6) is 0 Å². The van der Waals surface area contributed by atoms with Gasteiger partial charge in [0.15, 0.2) is 0 Å². The van der Waals surface area contributed by atoms with Crippen molar-refractivity contribution in [3.05, 3.63) is 53.6 Å². The highest BCUT2D eigenvalue weighted by Gasteiger charge is 2.13. The van der Waals surface area contributed by atoms with Gasteiger partial charge in [-0.1, -0.05) is 32.9 Å². The first-order valence-corrected chi connectivity index (χ1v) is 6.58. The van der Waals surface area contributed by atoms with Crippen molar-refractivity contribution in [2.45, 2.75) is 33.1 Å². The number of carbonyl (C=O) groups excluding carboxylic acids is 1. The van der Waals surface area contributed by atoms with Crippen LogP contribution in [-0.2, 0) is 5.41 Å². The van der Waals surface area contributed by atoms with Crippen LogP contribution in [0.15, 0.2) is 36.5 Å². The van der Waals surface area contributed by atoms with Gasteiger partial charge in [0.25, 0.3) is 5.91 Å². The standard InChI is InChI=1S/C16H19N3O/c1-11-17-10-9-14(18-11)15(20)19-13-7-5-12(6-8-13)16(2,3)4/h5-10H,1-4H3,(H,19,20). The molecule has 1 amide bonds. The molecule has 0 aliphatic heterocycles. The number of nitrogens with zero attached hydrogens (tertiary/aromatic N) is 2. The minimum absolute atomic E-state index is 0.103. The van der Waals surface area contributed by atoms with Gasteiger partial charge in [0.05, 0.1) is 0 Å². The van der Waals surface area contributed by atoms with E-state index in [4.69, 9.17) is 0 Å². The molecule has 2 rings (SSSR count). The predicted octanol–water partition coefficient (Wildman–Crippen LogP) is 3.33. The van der Waals surface area contributed by atoms with Gasteiger partial charge in [-0.05, 0) is 36.1 Å². The Morgan fingerprint density at radius 3 is 2.30 bits per heavy atom. The molecule has 0 aliphatic rings. The molecule has 0 atom stereocenters. The van der Waals surface area contributed by atoms with Crippen LogP contribution in [0.4, 0.5) is 5.69 Å². The largest absolute Gasteiger partial charge is 0.321 e. The number of hydrogen-bond donors (Lipinski definition) is 1. The normalized spacial score (nSPS) is 11.2. The number of carbonyl (C=O) groups is 1. The highest BCUT2D eigenvalue weighted by atomic mass is 16.1. The lowest BCUT2D eigenvalue weighted by Gasteiger charge is -2.19. The number of nitrogens with one attached hydrogen (secondary N) is 1. The summed E-state index contributed by atoms with van der Waals surface area (Å²) in [5, 5.41) is 2.83. The maximum absolute atomic E-state index is 12.0. The first-order chi connectivity index (χ1) is 9.36. The Bertz CT molecular complexity index is 612. The molecule has 0 saturated carbocycles.